The highest BCUT2D eigenvalue weighted by Crippen LogP contribution is 2.20. The number of aromatic hydroxyl groups is 1. The van der Waals surface area contributed by atoms with Crippen molar-refractivity contribution >= 4 is 16.9 Å². The van der Waals surface area contributed by atoms with E-state index in [1.54, 1.807) is 18.2 Å². The van der Waals surface area contributed by atoms with E-state index in [1.165, 1.54) is 18.2 Å². The minimum atomic E-state index is -0.575. The quantitative estimate of drug-likeness (QED) is 0.594. The van der Waals surface area contributed by atoms with Crippen LogP contribution in [-0.4, -0.2) is 11.1 Å². The largest absolute Gasteiger partial charge is 0.508 e. The van der Waals surface area contributed by atoms with Crippen LogP contribution in [0.4, 0.5) is 0 Å². The smallest absolute Gasteiger partial charge is 0.338 e. The standard InChI is InChI=1S/C18H14O5/c1-11-5-6-15-13(9-17(20)23-16(15)7-11)10-22-18(21)12-3-2-4-14(19)8-12/h2-9,19H,10H2,1H3. The van der Waals surface area contributed by atoms with Crippen LogP contribution < -0.4 is 5.63 Å². The summed E-state index contributed by atoms with van der Waals surface area (Å²) in [5.74, 6) is -0.588. The number of benzene rings is 2. The van der Waals surface area contributed by atoms with Gasteiger partial charge in [0.25, 0.3) is 0 Å². The molecule has 3 rings (SSSR count). The maximum Gasteiger partial charge on any atom is 0.338 e. The van der Waals surface area contributed by atoms with E-state index in [1.807, 2.05) is 19.1 Å². The summed E-state index contributed by atoms with van der Waals surface area (Å²) < 4.78 is 10.4. The second kappa shape index (κ2) is 5.96. The lowest BCUT2D eigenvalue weighted by Gasteiger charge is -2.08. The van der Waals surface area contributed by atoms with Crippen molar-refractivity contribution in [2.24, 2.45) is 0 Å². The third-order valence-corrected chi connectivity index (χ3v) is 3.43. The zero-order valence-corrected chi connectivity index (χ0v) is 12.4. The van der Waals surface area contributed by atoms with Gasteiger partial charge in [0, 0.05) is 17.0 Å². The second-order valence-corrected chi connectivity index (χ2v) is 5.22. The molecule has 0 spiro atoms. The molecule has 0 atom stereocenters. The third kappa shape index (κ3) is 3.23. The van der Waals surface area contributed by atoms with Crippen molar-refractivity contribution in [2.75, 3.05) is 0 Å². The summed E-state index contributed by atoms with van der Waals surface area (Å²) in [5.41, 5.74) is 1.75. The van der Waals surface area contributed by atoms with Crippen molar-refractivity contribution in [3.63, 3.8) is 0 Å². The lowest BCUT2D eigenvalue weighted by atomic mass is 10.1. The molecule has 0 radical (unpaired) electrons. The normalized spacial score (nSPS) is 10.7. The van der Waals surface area contributed by atoms with Gasteiger partial charge in [-0.15, -0.1) is 0 Å². The first-order valence-corrected chi connectivity index (χ1v) is 7.02. The van der Waals surface area contributed by atoms with Crippen LogP contribution in [0.1, 0.15) is 21.5 Å². The summed E-state index contributed by atoms with van der Waals surface area (Å²) in [5, 5.41) is 10.1. The summed E-state index contributed by atoms with van der Waals surface area (Å²) >= 11 is 0. The van der Waals surface area contributed by atoms with Crippen molar-refractivity contribution in [3.05, 3.63) is 75.6 Å². The van der Waals surface area contributed by atoms with Crippen molar-refractivity contribution in [1.29, 1.82) is 0 Å². The van der Waals surface area contributed by atoms with Gasteiger partial charge in [0.15, 0.2) is 0 Å². The number of phenolic OH excluding ortho intramolecular Hbond substituents is 1. The zero-order chi connectivity index (χ0) is 16.4. The highest BCUT2D eigenvalue weighted by molar-refractivity contribution is 5.90. The van der Waals surface area contributed by atoms with E-state index in [4.69, 9.17) is 9.15 Å². The number of aryl methyl sites for hydroxylation is 1. The van der Waals surface area contributed by atoms with Gasteiger partial charge in [-0.1, -0.05) is 18.2 Å². The van der Waals surface area contributed by atoms with Crippen LogP contribution in [0.2, 0.25) is 0 Å². The predicted molar refractivity (Wildman–Crippen MR) is 84.4 cm³/mol. The van der Waals surface area contributed by atoms with E-state index in [2.05, 4.69) is 0 Å². The highest BCUT2D eigenvalue weighted by Gasteiger charge is 2.11. The molecular weight excluding hydrogens is 296 g/mol. The molecule has 0 aliphatic rings. The number of hydrogen-bond donors (Lipinski definition) is 1. The molecule has 3 aromatic rings. The number of rotatable bonds is 3. The van der Waals surface area contributed by atoms with Gasteiger partial charge in [-0.2, -0.15) is 0 Å². The predicted octanol–water partition coefficient (Wildman–Crippen LogP) is 3.16. The fourth-order valence-electron chi connectivity index (χ4n) is 2.32. The van der Waals surface area contributed by atoms with Gasteiger partial charge in [0.1, 0.15) is 17.9 Å². The van der Waals surface area contributed by atoms with Crippen molar-refractivity contribution in [1.82, 2.24) is 0 Å². The maximum absolute atomic E-state index is 12.0. The molecule has 2 aromatic carbocycles. The van der Waals surface area contributed by atoms with Crippen LogP contribution in [-0.2, 0) is 11.3 Å². The Morgan fingerprint density at radius 1 is 1.17 bits per heavy atom. The molecule has 5 heteroatoms. The molecule has 0 fully saturated rings. The Morgan fingerprint density at radius 3 is 2.78 bits per heavy atom. The van der Waals surface area contributed by atoms with Crippen LogP contribution in [0.25, 0.3) is 11.0 Å². The van der Waals surface area contributed by atoms with Crippen LogP contribution in [0.15, 0.2) is 57.7 Å². The molecule has 5 nitrogen and oxygen atoms in total. The van der Waals surface area contributed by atoms with Crippen molar-refractivity contribution in [3.8, 4) is 5.75 Å². The summed E-state index contributed by atoms with van der Waals surface area (Å²) in [7, 11) is 0. The molecule has 1 N–H and O–H groups in total. The maximum atomic E-state index is 12.0. The molecule has 0 amide bonds. The Labute approximate surface area is 131 Å². The summed E-state index contributed by atoms with van der Waals surface area (Å²) in [6.45, 7) is 1.84. The molecular formula is C18H14O5. The fraction of sp³-hybridized carbons (Fsp3) is 0.111. The van der Waals surface area contributed by atoms with E-state index in [-0.39, 0.29) is 17.9 Å². The minimum Gasteiger partial charge on any atom is -0.508 e. The second-order valence-electron chi connectivity index (χ2n) is 5.22. The van der Waals surface area contributed by atoms with E-state index in [0.717, 1.165) is 10.9 Å². The molecule has 23 heavy (non-hydrogen) atoms. The SMILES string of the molecule is Cc1ccc2c(COC(=O)c3cccc(O)c3)cc(=O)oc2c1. The van der Waals surface area contributed by atoms with Gasteiger partial charge in [-0.25, -0.2) is 9.59 Å². The molecule has 1 aromatic heterocycles. The molecule has 0 bridgehead atoms. The van der Waals surface area contributed by atoms with E-state index in [0.29, 0.717) is 11.1 Å². The number of ether oxygens (including phenoxy) is 1. The first kappa shape index (κ1) is 14.8. The van der Waals surface area contributed by atoms with Gasteiger partial charge in [0.2, 0.25) is 0 Å². The molecule has 0 saturated carbocycles. The average molecular weight is 310 g/mol. The first-order valence-electron chi connectivity index (χ1n) is 7.02. The number of hydrogen-bond acceptors (Lipinski definition) is 5. The number of esters is 1. The molecule has 0 aliphatic heterocycles. The highest BCUT2D eigenvalue weighted by atomic mass is 16.5. The van der Waals surface area contributed by atoms with Crippen LogP contribution >= 0.6 is 0 Å². The first-order chi connectivity index (χ1) is 11.0. The van der Waals surface area contributed by atoms with Gasteiger partial charge in [-0.3, -0.25) is 0 Å². The van der Waals surface area contributed by atoms with Gasteiger partial charge < -0.3 is 14.3 Å². The summed E-state index contributed by atoms with van der Waals surface area (Å²) in [6, 6.07) is 12.7. The van der Waals surface area contributed by atoms with Crippen molar-refractivity contribution < 1.29 is 19.1 Å². The van der Waals surface area contributed by atoms with Gasteiger partial charge in [0.05, 0.1) is 5.56 Å². The average Bonchev–Trinajstić information content (AvgIpc) is 2.51. The van der Waals surface area contributed by atoms with Crippen LogP contribution in [0.5, 0.6) is 5.75 Å². The summed E-state index contributed by atoms with van der Waals surface area (Å²) in [6.07, 6.45) is 0. The fourth-order valence-corrected chi connectivity index (χ4v) is 2.32. The molecule has 0 unspecified atom stereocenters. The number of carbonyl (C=O) groups is 1. The number of fused-ring (bicyclic) bond motifs is 1. The van der Waals surface area contributed by atoms with E-state index in [9.17, 15) is 14.7 Å². The lowest BCUT2D eigenvalue weighted by molar-refractivity contribution is 0.0473. The zero-order valence-electron chi connectivity index (χ0n) is 12.4. The Balaban J connectivity index is 1.87. The lowest BCUT2D eigenvalue weighted by Crippen LogP contribution is -2.08. The Hall–Kier alpha value is -3.08. The van der Waals surface area contributed by atoms with Crippen LogP contribution in [0, 0.1) is 6.92 Å². The Kier molecular flexibility index (Phi) is 3.85. The monoisotopic (exact) mass is 310 g/mol. The van der Waals surface area contributed by atoms with E-state index >= 15 is 0 Å². The molecule has 0 saturated heterocycles. The molecule has 116 valence electrons. The topological polar surface area (TPSA) is 76.7 Å². The van der Waals surface area contributed by atoms with Crippen molar-refractivity contribution in [2.45, 2.75) is 13.5 Å². The van der Waals surface area contributed by atoms with E-state index < -0.39 is 11.6 Å². The van der Waals surface area contributed by atoms with Crippen LogP contribution in [0.3, 0.4) is 0 Å². The Bertz CT molecular complexity index is 940. The number of phenols is 1. The van der Waals surface area contributed by atoms with Gasteiger partial charge >= 0.3 is 11.6 Å². The third-order valence-electron chi connectivity index (χ3n) is 3.43. The molecule has 1 heterocycles. The molecule has 0 aliphatic carbocycles. The Morgan fingerprint density at radius 2 is 2.00 bits per heavy atom. The summed E-state index contributed by atoms with van der Waals surface area (Å²) in [4.78, 5) is 23.6. The van der Waals surface area contributed by atoms with Gasteiger partial charge in [-0.05, 0) is 36.8 Å². The number of carbonyl (C=O) groups excluding carboxylic acids is 1. The minimum absolute atomic E-state index is 0.0132.